The number of halogens is 1. The van der Waals surface area contributed by atoms with Gasteiger partial charge in [-0.1, -0.05) is 23.9 Å². The lowest BCUT2D eigenvalue weighted by Crippen LogP contribution is -2.33. The molecule has 0 aliphatic heterocycles. The SMILES string of the molecule is C[C@@H](Sc1nnnn1-c1ccc(O)cc1)C(=O)N[C@H](C)c1ccc(F)cc1. The first kappa shape index (κ1) is 18.8. The highest BCUT2D eigenvalue weighted by Gasteiger charge is 2.21. The molecule has 7 nitrogen and oxygen atoms in total. The van der Waals surface area contributed by atoms with E-state index in [1.54, 1.807) is 31.2 Å². The Labute approximate surface area is 159 Å². The van der Waals surface area contributed by atoms with E-state index >= 15 is 0 Å². The van der Waals surface area contributed by atoms with Crippen LogP contribution >= 0.6 is 11.8 Å². The summed E-state index contributed by atoms with van der Waals surface area (Å²) < 4.78 is 14.5. The standard InChI is InChI=1S/C18H18FN5O2S/c1-11(13-3-5-14(19)6-4-13)20-17(26)12(2)27-18-21-22-23-24(18)15-7-9-16(25)10-8-15/h3-12,25H,1-2H3,(H,20,26)/t11-,12-/m1/s1. The summed E-state index contributed by atoms with van der Waals surface area (Å²) in [5.74, 6) is -0.358. The number of amides is 1. The molecule has 27 heavy (non-hydrogen) atoms. The highest BCUT2D eigenvalue weighted by Crippen LogP contribution is 2.24. The van der Waals surface area contributed by atoms with Crippen LogP contribution in [0.15, 0.2) is 53.7 Å². The highest BCUT2D eigenvalue weighted by molar-refractivity contribution is 8.00. The van der Waals surface area contributed by atoms with Crippen molar-refractivity contribution >= 4 is 17.7 Å². The van der Waals surface area contributed by atoms with Crippen LogP contribution < -0.4 is 5.32 Å². The van der Waals surface area contributed by atoms with Crippen molar-refractivity contribution in [2.75, 3.05) is 0 Å². The molecule has 3 aromatic rings. The molecule has 3 rings (SSSR count). The maximum atomic E-state index is 13.0. The second-order valence-corrected chi connectivity index (χ2v) is 7.24. The molecule has 0 aliphatic carbocycles. The van der Waals surface area contributed by atoms with Crippen LogP contribution in [0.3, 0.4) is 0 Å². The third kappa shape index (κ3) is 4.62. The summed E-state index contributed by atoms with van der Waals surface area (Å²) in [7, 11) is 0. The fraction of sp³-hybridized carbons (Fsp3) is 0.222. The van der Waals surface area contributed by atoms with Gasteiger partial charge < -0.3 is 10.4 Å². The van der Waals surface area contributed by atoms with Gasteiger partial charge in [-0.15, -0.1) is 5.10 Å². The van der Waals surface area contributed by atoms with Crippen molar-refractivity contribution in [1.82, 2.24) is 25.5 Å². The molecule has 140 valence electrons. The van der Waals surface area contributed by atoms with Gasteiger partial charge in [0.2, 0.25) is 11.1 Å². The molecule has 1 aromatic heterocycles. The molecular weight excluding hydrogens is 369 g/mol. The summed E-state index contributed by atoms with van der Waals surface area (Å²) in [5, 5.41) is 23.9. The molecule has 2 N–H and O–H groups in total. The normalized spacial score (nSPS) is 13.1. The number of aromatic hydroxyl groups is 1. The molecule has 2 aromatic carbocycles. The summed E-state index contributed by atoms with van der Waals surface area (Å²) in [6.45, 7) is 3.59. The van der Waals surface area contributed by atoms with Crippen LogP contribution in [-0.4, -0.2) is 36.5 Å². The van der Waals surface area contributed by atoms with Crippen molar-refractivity contribution in [2.24, 2.45) is 0 Å². The molecule has 0 saturated heterocycles. The fourth-order valence-electron chi connectivity index (χ4n) is 2.39. The monoisotopic (exact) mass is 387 g/mol. The summed E-state index contributed by atoms with van der Waals surface area (Å²) in [6.07, 6.45) is 0. The molecule has 2 atom stereocenters. The zero-order valence-electron chi connectivity index (χ0n) is 14.7. The molecule has 0 fully saturated rings. The predicted octanol–water partition coefficient (Wildman–Crippen LogP) is 2.87. The maximum Gasteiger partial charge on any atom is 0.233 e. The van der Waals surface area contributed by atoms with Gasteiger partial charge >= 0.3 is 0 Å². The smallest absolute Gasteiger partial charge is 0.233 e. The lowest BCUT2D eigenvalue weighted by Gasteiger charge is -2.17. The van der Waals surface area contributed by atoms with Gasteiger partial charge in [-0.05, 0) is 66.2 Å². The second-order valence-electron chi connectivity index (χ2n) is 5.93. The molecule has 0 spiro atoms. The van der Waals surface area contributed by atoms with E-state index in [4.69, 9.17) is 0 Å². The molecular formula is C18H18FN5O2S. The van der Waals surface area contributed by atoms with Crippen LogP contribution in [0.25, 0.3) is 5.69 Å². The summed E-state index contributed by atoms with van der Waals surface area (Å²) >= 11 is 1.22. The molecule has 0 radical (unpaired) electrons. The Morgan fingerprint density at radius 3 is 2.48 bits per heavy atom. The summed E-state index contributed by atoms with van der Waals surface area (Å²) in [5.41, 5.74) is 1.49. The van der Waals surface area contributed by atoms with Gasteiger partial charge in [-0.25, -0.2) is 4.39 Å². The van der Waals surface area contributed by atoms with E-state index in [0.29, 0.717) is 10.8 Å². The average molecular weight is 387 g/mol. The average Bonchev–Trinajstić information content (AvgIpc) is 3.10. The molecule has 1 heterocycles. The van der Waals surface area contributed by atoms with E-state index < -0.39 is 5.25 Å². The van der Waals surface area contributed by atoms with Gasteiger partial charge in [0, 0.05) is 0 Å². The topological polar surface area (TPSA) is 92.9 Å². The fourth-order valence-corrected chi connectivity index (χ4v) is 3.20. The molecule has 1 amide bonds. The Hall–Kier alpha value is -2.94. The number of rotatable bonds is 6. The minimum atomic E-state index is -0.449. The van der Waals surface area contributed by atoms with Crippen LogP contribution in [0.1, 0.15) is 25.5 Å². The number of hydrogen-bond acceptors (Lipinski definition) is 6. The number of nitrogens with zero attached hydrogens (tertiary/aromatic N) is 4. The zero-order valence-corrected chi connectivity index (χ0v) is 15.5. The number of carbonyl (C=O) groups is 1. The van der Waals surface area contributed by atoms with E-state index in [1.807, 2.05) is 6.92 Å². The van der Waals surface area contributed by atoms with Crippen LogP contribution in [0.2, 0.25) is 0 Å². The largest absolute Gasteiger partial charge is 0.508 e. The minimum absolute atomic E-state index is 0.142. The number of carbonyl (C=O) groups excluding carboxylic acids is 1. The number of benzene rings is 2. The van der Waals surface area contributed by atoms with Gasteiger partial charge in [0.1, 0.15) is 11.6 Å². The zero-order chi connectivity index (χ0) is 19.4. The Kier molecular flexibility index (Phi) is 5.70. The molecule has 0 bridgehead atoms. The van der Waals surface area contributed by atoms with Crippen molar-refractivity contribution in [3.05, 3.63) is 59.9 Å². The van der Waals surface area contributed by atoms with Crippen LogP contribution in [0.5, 0.6) is 5.75 Å². The maximum absolute atomic E-state index is 13.0. The number of nitrogens with one attached hydrogen (secondary N) is 1. The Bertz CT molecular complexity index is 914. The number of tetrazole rings is 1. The van der Waals surface area contributed by atoms with Crippen molar-refractivity contribution in [3.63, 3.8) is 0 Å². The Balaban J connectivity index is 1.66. The second kappa shape index (κ2) is 8.17. The van der Waals surface area contributed by atoms with E-state index in [1.165, 1.54) is 40.7 Å². The number of aromatic nitrogens is 4. The van der Waals surface area contributed by atoms with E-state index in [0.717, 1.165) is 5.56 Å². The first-order chi connectivity index (χ1) is 12.9. The number of hydrogen-bond donors (Lipinski definition) is 2. The van der Waals surface area contributed by atoms with Crippen molar-refractivity contribution in [2.45, 2.75) is 30.3 Å². The van der Waals surface area contributed by atoms with Gasteiger partial charge in [-0.2, -0.15) is 4.68 Å². The molecule has 9 heteroatoms. The van der Waals surface area contributed by atoms with Crippen molar-refractivity contribution in [3.8, 4) is 11.4 Å². The molecule has 0 saturated carbocycles. The van der Waals surface area contributed by atoms with Crippen LogP contribution in [0, 0.1) is 5.82 Å². The van der Waals surface area contributed by atoms with E-state index in [2.05, 4.69) is 20.8 Å². The van der Waals surface area contributed by atoms with Gasteiger partial charge in [0.25, 0.3) is 0 Å². The Morgan fingerprint density at radius 1 is 1.15 bits per heavy atom. The van der Waals surface area contributed by atoms with E-state index in [9.17, 15) is 14.3 Å². The number of phenolic OH excluding ortho intramolecular Hbond substituents is 1. The minimum Gasteiger partial charge on any atom is -0.508 e. The number of thioether (sulfide) groups is 1. The lowest BCUT2D eigenvalue weighted by atomic mass is 10.1. The summed E-state index contributed by atoms with van der Waals surface area (Å²) in [6, 6.07) is 12.2. The molecule has 0 aliphatic rings. The van der Waals surface area contributed by atoms with Gasteiger partial charge in [0.05, 0.1) is 17.0 Å². The quantitative estimate of drug-likeness (QED) is 0.632. The van der Waals surface area contributed by atoms with Gasteiger partial charge in [-0.3, -0.25) is 4.79 Å². The van der Waals surface area contributed by atoms with Crippen molar-refractivity contribution in [1.29, 1.82) is 0 Å². The van der Waals surface area contributed by atoms with Gasteiger partial charge in [0.15, 0.2) is 0 Å². The first-order valence-electron chi connectivity index (χ1n) is 8.24. The van der Waals surface area contributed by atoms with Crippen molar-refractivity contribution < 1.29 is 14.3 Å². The highest BCUT2D eigenvalue weighted by atomic mass is 32.2. The third-order valence-electron chi connectivity index (χ3n) is 3.92. The predicted molar refractivity (Wildman–Crippen MR) is 99.1 cm³/mol. The van der Waals surface area contributed by atoms with E-state index in [-0.39, 0.29) is 23.5 Å². The number of phenols is 1. The van der Waals surface area contributed by atoms with Crippen LogP contribution in [0.4, 0.5) is 4.39 Å². The lowest BCUT2D eigenvalue weighted by molar-refractivity contribution is -0.120. The summed E-state index contributed by atoms with van der Waals surface area (Å²) in [4.78, 5) is 12.5. The first-order valence-corrected chi connectivity index (χ1v) is 9.12. The Morgan fingerprint density at radius 2 is 1.81 bits per heavy atom. The third-order valence-corrected chi connectivity index (χ3v) is 4.95. The van der Waals surface area contributed by atoms with Crippen LogP contribution in [-0.2, 0) is 4.79 Å². The molecule has 0 unspecified atom stereocenters.